The summed E-state index contributed by atoms with van der Waals surface area (Å²) in [5.74, 6) is 0.222. The van der Waals surface area contributed by atoms with Gasteiger partial charge in [0.1, 0.15) is 5.82 Å². The van der Waals surface area contributed by atoms with Crippen LogP contribution in [0.3, 0.4) is 0 Å². The Labute approximate surface area is 100 Å². The number of benzene rings is 1. The van der Waals surface area contributed by atoms with E-state index >= 15 is 0 Å². The predicted octanol–water partition coefficient (Wildman–Crippen LogP) is 2.26. The molecule has 2 atom stereocenters. The van der Waals surface area contributed by atoms with Gasteiger partial charge in [-0.05, 0) is 23.6 Å². The molecule has 1 aromatic carbocycles. The van der Waals surface area contributed by atoms with Crippen LogP contribution in [0.1, 0.15) is 12.5 Å². The summed E-state index contributed by atoms with van der Waals surface area (Å²) < 4.78 is 12.9. The first-order valence-corrected chi connectivity index (χ1v) is 5.86. The molecule has 2 N–H and O–H groups in total. The average Bonchev–Trinajstić information content (AvgIpc) is 2.51. The van der Waals surface area contributed by atoms with Gasteiger partial charge in [-0.25, -0.2) is 4.39 Å². The smallest absolute Gasteiger partial charge is 0.124 e. The number of likely N-dealkylation sites (tertiary alicyclic amines) is 1. The highest BCUT2D eigenvalue weighted by molar-refractivity contribution is 6.31. The Morgan fingerprint density at radius 3 is 2.81 bits per heavy atom. The molecule has 2 nitrogen and oxygen atoms in total. The molecule has 16 heavy (non-hydrogen) atoms. The number of halogens is 2. The van der Waals surface area contributed by atoms with E-state index in [2.05, 4.69) is 11.8 Å². The van der Waals surface area contributed by atoms with Crippen LogP contribution in [-0.4, -0.2) is 24.0 Å². The monoisotopic (exact) mass is 242 g/mol. The van der Waals surface area contributed by atoms with E-state index < -0.39 is 0 Å². The van der Waals surface area contributed by atoms with Crippen LogP contribution in [0.4, 0.5) is 4.39 Å². The molecule has 1 aliphatic heterocycles. The highest BCUT2D eigenvalue weighted by atomic mass is 35.5. The van der Waals surface area contributed by atoms with Gasteiger partial charge in [0.25, 0.3) is 0 Å². The molecule has 0 bridgehead atoms. The number of hydrogen-bond acceptors (Lipinski definition) is 2. The maximum Gasteiger partial charge on any atom is 0.124 e. The third-order valence-electron chi connectivity index (χ3n) is 3.16. The summed E-state index contributed by atoms with van der Waals surface area (Å²) in [6, 6.07) is 4.78. The van der Waals surface area contributed by atoms with Crippen molar-refractivity contribution in [3.8, 4) is 0 Å². The van der Waals surface area contributed by atoms with E-state index in [0.717, 1.165) is 25.2 Å². The molecule has 1 heterocycles. The van der Waals surface area contributed by atoms with E-state index in [1.807, 2.05) is 0 Å². The second-order valence-electron chi connectivity index (χ2n) is 4.57. The molecule has 0 radical (unpaired) electrons. The van der Waals surface area contributed by atoms with Crippen molar-refractivity contribution in [1.82, 2.24) is 4.90 Å². The largest absolute Gasteiger partial charge is 0.326 e. The molecule has 2 unspecified atom stereocenters. The van der Waals surface area contributed by atoms with Crippen molar-refractivity contribution >= 4 is 11.6 Å². The van der Waals surface area contributed by atoms with E-state index in [9.17, 15) is 4.39 Å². The molecule has 0 saturated carbocycles. The van der Waals surface area contributed by atoms with Gasteiger partial charge < -0.3 is 5.73 Å². The van der Waals surface area contributed by atoms with Crippen molar-refractivity contribution in [2.24, 2.45) is 11.7 Å². The third kappa shape index (κ3) is 2.54. The maximum atomic E-state index is 12.9. The summed E-state index contributed by atoms with van der Waals surface area (Å²) in [5.41, 5.74) is 6.91. The summed E-state index contributed by atoms with van der Waals surface area (Å²) in [5, 5.41) is 0.494. The minimum atomic E-state index is -0.291. The van der Waals surface area contributed by atoms with Gasteiger partial charge in [0.2, 0.25) is 0 Å². The zero-order chi connectivity index (χ0) is 11.7. The van der Waals surface area contributed by atoms with Gasteiger partial charge in [-0.3, -0.25) is 4.90 Å². The lowest BCUT2D eigenvalue weighted by molar-refractivity contribution is 0.319. The fourth-order valence-corrected chi connectivity index (χ4v) is 2.34. The number of rotatable bonds is 2. The van der Waals surface area contributed by atoms with Gasteiger partial charge in [-0.15, -0.1) is 0 Å². The van der Waals surface area contributed by atoms with Crippen LogP contribution < -0.4 is 5.73 Å². The summed E-state index contributed by atoms with van der Waals surface area (Å²) in [7, 11) is 0. The zero-order valence-corrected chi connectivity index (χ0v) is 10.0. The quantitative estimate of drug-likeness (QED) is 0.862. The molecule has 1 aromatic rings. The molecule has 0 spiro atoms. The van der Waals surface area contributed by atoms with Gasteiger partial charge in [0.15, 0.2) is 0 Å². The second kappa shape index (κ2) is 4.70. The summed E-state index contributed by atoms with van der Waals surface area (Å²) in [4.78, 5) is 2.26. The standard InChI is InChI=1S/C12H16ClFN2/c1-8-5-16(7-12(8)15)6-9-2-3-10(14)4-11(9)13/h2-4,8,12H,5-7,15H2,1H3. The normalized spacial score (nSPS) is 26.2. The molecule has 0 amide bonds. The van der Waals surface area contributed by atoms with Gasteiger partial charge in [-0.1, -0.05) is 24.6 Å². The fourth-order valence-electron chi connectivity index (χ4n) is 2.12. The maximum absolute atomic E-state index is 12.9. The van der Waals surface area contributed by atoms with Gasteiger partial charge in [-0.2, -0.15) is 0 Å². The Balaban J connectivity index is 2.05. The van der Waals surface area contributed by atoms with E-state index in [0.29, 0.717) is 10.9 Å². The lowest BCUT2D eigenvalue weighted by Gasteiger charge is -2.16. The van der Waals surface area contributed by atoms with Crippen molar-refractivity contribution in [3.05, 3.63) is 34.6 Å². The van der Waals surface area contributed by atoms with E-state index in [4.69, 9.17) is 17.3 Å². The molecule has 1 saturated heterocycles. The minimum Gasteiger partial charge on any atom is -0.326 e. The molecular weight excluding hydrogens is 227 g/mol. The van der Waals surface area contributed by atoms with Gasteiger partial charge in [0.05, 0.1) is 0 Å². The highest BCUT2D eigenvalue weighted by Crippen LogP contribution is 2.22. The second-order valence-corrected chi connectivity index (χ2v) is 4.98. The minimum absolute atomic E-state index is 0.235. The van der Waals surface area contributed by atoms with E-state index in [-0.39, 0.29) is 11.9 Å². The average molecular weight is 243 g/mol. The summed E-state index contributed by atoms with van der Waals surface area (Å²) in [6.07, 6.45) is 0. The van der Waals surface area contributed by atoms with Crippen molar-refractivity contribution in [1.29, 1.82) is 0 Å². The Hall–Kier alpha value is -0.640. The molecular formula is C12H16ClFN2. The molecule has 0 aliphatic carbocycles. The number of nitrogens with two attached hydrogens (primary N) is 1. The summed E-state index contributed by atoms with van der Waals surface area (Å²) in [6.45, 7) is 4.76. The van der Waals surface area contributed by atoms with Crippen LogP contribution in [0.5, 0.6) is 0 Å². The first-order valence-electron chi connectivity index (χ1n) is 5.48. The highest BCUT2D eigenvalue weighted by Gasteiger charge is 2.26. The summed E-state index contributed by atoms with van der Waals surface area (Å²) >= 11 is 5.98. The fraction of sp³-hybridized carbons (Fsp3) is 0.500. The van der Waals surface area contributed by atoms with Crippen molar-refractivity contribution < 1.29 is 4.39 Å². The first-order chi connectivity index (χ1) is 7.56. The third-order valence-corrected chi connectivity index (χ3v) is 3.51. The van der Waals surface area contributed by atoms with Gasteiger partial charge >= 0.3 is 0 Å². The molecule has 2 rings (SSSR count). The van der Waals surface area contributed by atoms with Crippen molar-refractivity contribution in [2.75, 3.05) is 13.1 Å². The first kappa shape index (κ1) is 11.8. The Kier molecular flexibility index (Phi) is 3.47. The zero-order valence-electron chi connectivity index (χ0n) is 9.29. The van der Waals surface area contributed by atoms with Crippen LogP contribution in [0, 0.1) is 11.7 Å². The van der Waals surface area contributed by atoms with Crippen LogP contribution in [0.15, 0.2) is 18.2 Å². The number of nitrogens with zero attached hydrogens (tertiary/aromatic N) is 1. The SMILES string of the molecule is CC1CN(Cc2ccc(F)cc2Cl)CC1N. The Morgan fingerprint density at radius 2 is 2.25 bits per heavy atom. The lowest BCUT2D eigenvalue weighted by atomic mass is 10.1. The number of hydrogen-bond donors (Lipinski definition) is 1. The lowest BCUT2D eigenvalue weighted by Crippen LogP contribution is -2.28. The topological polar surface area (TPSA) is 29.3 Å². The predicted molar refractivity (Wildman–Crippen MR) is 63.8 cm³/mol. The van der Waals surface area contributed by atoms with Crippen LogP contribution >= 0.6 is 11.6 Å². The molecule has 88 valence electrons. The van der Waals surface area contributed by atoms with Crippen molar-refractivity contribution in [2.45, 2.75) is 19.5 Å². The molecule has 1 aliphatic rings. The Morgan fingerprint density at radius 1 is 1.50 bits per heavy atom. The van der Waals surface area contributed by atoms with Crippen molar-refractivity contribution in [3.63, 3.8) is 0 Å². The Bertz CT molecular complexity index is 373. The molecule has 0 aromatic heterocycles. The van der Waals surface area contributed by atoms with E-state index in [1.165, 1.54) is 12.1 Å². The van der Waals surface area contributed by atoms with Crippen LogP contribution in [-0.2, 0) is 6.54 Å². The molecule has 1 fully saturated rings. The van der Waals surface area contributed by atoms with Gasteiger partial charge in [0, 0.05) is 30.7 Å². The molecule has 4 heteroatoms. The van der Waals surface area contributed by atoms with E-state index in [1.54, 1.807) is 6.07 Å². The van der Waals surface area contributed by atoms with Crippen LogP contribution in [0.25, 0.3) is 0 Å². The van der Waals surface area contributed by atoms with Crippen LogP contribution in [0.2, 0.25) is 5.02 Å².